The number of rotatable bonds is 3. The fourth-order valence-corrected chi connectivity index (χ4v) is 3.69. The molecule has 0 aromatic carbocycles. The largest absolute Gasteiger partial charge is 0.387 e. The molecule has 0 bridgehead atoms. The number of carbonyl (C=O) groups is 1. The molecule has 1 aliphatic heterocycles. The summed E-state index contributed by atoms with van der Waals surface area (Å²) in [5.41, 5.74) is 1.52. The number of amides is 1. The van der Waals surface area contributed by atoms with Crippen molar-refractivity contribution in [2.75, 3.05) is 18.9 Å². The Morgan fingerprint density at radius 1 is 1.25 bits per heavy atom. The summed E-state index contributed by atoms with van der Waals surface area (Å²) in [5.74, 6) is 0.833. The zero-order chi connectivity index (χ0) is 13.9. The summed E-state index contributed by atoms with van der Waals surface area (Å²) >= 11 is 0. The molecule has 4 nitrogen and oxygen atoms in total. The summed E-state index contributed by atoms with van der Waals surface area (Å²) in [5, 5.41) is 3.03. The Morgan fingerprint density at radius 3 is 2.70 bits per heavy atom. The smallest absolute Gasteiger partial charge is 0.272 e. The van der Waals surface area contributed by atoms with Crippen molar-refractivity contribution in [1.29, 1.82) is 0 Å². The molecule has 1 atom stereocenters. The topological polar surface area (TPSA) is 45.2 Å². The Kier molecular flexibility index (Phi) is 3.90. The van der Waals surface area contributed by atoms with E-state index in [0.29, 0.717) is 11.7 Å². The van der Waals surface area contributed by atoms with Gasteiger partial charge in [0.05, 0.1) is 11.9 Å². The van der Waals surface area contributed by atoms with E-state index < -0.39 is 0 Å². The number of likely N-dealkylation sites (tertiary alicyclic amines) is 1. The SMILES string of the molecule is CNc1ccc(C(=O)N2CCCC2C2CCCC2)nc1. The highest BCUT2D eigenvalue weighted by atomic mass is 16.2. The molecule has 2 fully saturated rings. The van der Waals surface area contributed by atoms with Gasteiger partial charge in [0.2, 0.25) is 0 Å². The minimum absolute atomic E-state index is 0.113. The predicted molar refractivity (Wildman–Crippen MR) is 79.8 cm³/mol. The van der Waals surface area contributed by atoms with Crippen molar-refractivity contribution < 1.29 is 4.79 Å². The third-order valence-electron chi connectivity index (χ3n) is 4.78. The molecule has 2 aliphatic rings. The van der Waals surface area contributed by atoms with Crippen molar-refractivity contribution in [2.24, 2.45) is 5.92 Å². The van der Waals surface area contributed by atoms with Gasteiger partial charge in [0.25, 0.3) is 5.91 Å². The summed E-state index contributed by atoms with van der Waals surface area (Å²) < 4.78 is 0. The van der Waals surface area contributed by atoms with Crippen molar-refractivity contribution in [3.05, 3.63) is 24.0 Å². The minimum atomic E-state index is 0.113. The lowest BCUT2D eigenvalue weighted by Gasteiger charge is -2.29. The quantitative estimate of drug-likeness (QED) is 0.921. The van der Waals surface area contributed by atoms with Crippen LogP contribution < -0.4 is 5.32 Å². The highest BCUT2D eigenvalue weighted by Crippen LogP contribution is 2.35. The van der Waals surface area contributed by atoms with Crippen molar-refractivity contribution in [3.8, 4) is 0 Å². The van der Waals surface area contributed by atoms with Gasteiger partial charge in [-0.15, -0.1) is 0 Å². The lowest BCUT2D eigenvalue weighted by Crippen LogP contribution is -2.39. The van der Waals surface area contributed by atoms with Gasteiger partial charge in [-0.05, 0) is 43.7 Å². The van der Waals surface area contributed by atoms with E-state index in [1.807, 2.05) is 19.2 Å². The standard InChI is InChI=1S/C16H23N3O/c1-17-13-8-9-14(18-11-13)16(20)19-10-4-7-15(19)12-5-2-3-6-12/h8-9,11-12,15,17H,2-7,10H2,1H3. The van der Waals surface area contributed by atoms with Crippen LogP contribution in [0.15, 0.2) is 18.3 Å². The number of carbonyl (C=O) groups excluding carboxylic acids is 1. The number of nitrogens with zero attached hydrogens (tertiary/aromatic N) is 2. The number of hydrogen-bond donors (Lipinski definition) is 1. The number of nitrogens with one attached hydrogen (secondary N) is 1. The molecular weight excluding hydrogens is 250 g/mol. The highest BCUT2D eigenvalue weighted by molar-refractivity contribution is 5.93. The first-order chi connectivity index (χ1) is 9.79. The molecule has 1 N–H and O–H groups in total. The highest BCUT2D eigenvalue weighted by Gasteiger charge is 2.36. The van der Waals surface area contributed by atoms with Gasteiger partial charge in [-0.2, -0.15) is 0 Å². The lowest BCUT2D eigenvalue weighted by molar-refractivity contribution is 0.0683. The molecule has 1 saturated heterocycles. The fraction of sp³-hybridized carbons (Fsp3) is 0.625. The molecule has 1 aromatic heterocycles. The molecule has 1 unspecified atom stereocenters. The van der Waals surface area contributed by atoms with Crippen LogP contribution in [-0.4, -0.2) is 35.4 Å². The van der Waals surface area contributed by atoms with E-state index in [2.05, 4.69) is 15.2 Å². The molecule has 2 heterocycles. The summed E-state index contributed by atoms with van der Waals surface area (Å²) in [4.78, 5) is 19.0. The zero-order valence-electron chi connectivity index (χ0n) is 12.1. The Labute approximate surface area is 120 Å². The van der Waals surface area contributed by atoms with E-state index in [9.17, 15) is 4.79 Å². The maximum absolute atomic E-state index is 12.7. The molecule has 4 heteroatoms. The van der Waals surface area contributed by atoms with Crippen LogP contribution >= 0.6 is 0 Å². The predicted octanol–water partition coefficient (Wildman–Crippen LogP) is 2.92. The normalized spacial score (nSPS) is 23.2. The third kappa shape index (κ3) is 2.51. The van der Waals surface area contributed by atoms with E-state index in [-0.39, 0.29) is 5.91 Å². The number of pyridine rings is 1. The molecule has 1 aromatic rings. The van der Waals surface area contributed by atoms with E-state index in [4.69, 9.17) is 0 Å². The Balaban J connectivity index is 1.74. The second-order valence-corrected chi connectivity index (χ2v) is 5.93. The van der Waals surface area contributed by atoms with Crippen LogP contribution in [0.3, 0.4) is 0 Å². The van der Waals surface area contributed by atoms with Crippen LogP contribution in [0.5, 0.6) is 0 Å². The van der Waals surface area contributed by atoms with Gasteiger partial charge in [0.15, 0.2) is 0 Å². The maximum Gasteiger partial charge on any atom is 0.272 e. The van der Waals surface area contributed by atoms with Gasteiger partial charge in [-0.3, -0.25) is 4.79 Å². The monoisotopic (exact) mass is 273 g/mol. The van der Waals surface area contributed by atoms with Crippen LogP contribution in [-0.2, 0) is 0 Å². The van der Waals surface area contributed by atoms with Gasteiger partial charge in [-0.25, -0.2) is 4.98 Å². The van der Waals surface area contributed by atoms with E-state index in [1.54, 1.807) is 6.20 Å². The fourth-order valence-electron chi connectivity index (χ4n) is 3.69. The summed E-state index contributed by atoms with van der Waals surface area (Å²) in [7, 11) is 1.86. The van der Waals surface area contributed by atoms with E-state index in [1.165, 1.54) is 32.1 Å². The van der Waals surface area contributed by atoms with Gasteiger partial charge < -0.3 is 10.2 Å². The van der Waals surface area contributed by atoms with Gasteiger partial charge in [-0.1, -0.05) is 12.8 Å². The molecule has 1 aliphatic carbocycles. The summed E-state index contributed by atoms with van der Waals surface area (Å²) in [6.07, 6.45) is 9.29. The molecule has 0 radical (unpaired) electrons. The number of aromatic nitrogens is 1. The Morgan fingerprint density at radius 2 is 2.05 bits per heavy atom. The first-order valence-corrected chi connectivity index (χ1v) is 7.74. The van der Waals surface area contributed by atoms with Crippen molar-refractivity contribution in [3.63, 3.8) is 0 Å². The van der Waals surface area contributed by atoms with Crippen molar-refractivity contribution in [1.82, 2.24) is 9.88 Å². The van der Waals surface area contributed by atoms with Crippen LogP contribution in [0.2, 0.25) is 0 Å². The van der Waals surface area contributed by atoms with E-state index in [0.717, 1.165) is 24.6 Å². The van der Waals surface area contributed by atoms with Crippen LogP contribution in [0.4, 0.5) is 5.69 Å². The summed E-state index contributed by atoms with van der Waals surface area (Å²) in [6.45, 7) is 0.898. The third-order valence-corrected chi connectivity index (χ3v) is 4.78. The summed E-state index contributed by atoms with van der Waals surface area (Å²) in [6, 6.07) is 4.20. The molecule has 20 heavy (non-hydrogen) atoms. The molecular formula is C16H23N3O. The first-order valence-electron chi connectivity index (χ1n) is 7.74. The second-order valence-electron chi connectivity index (χ2n) is 5.93. The van der Waals surface area contributed by atoms with Gasteiger partial charge >= 0.3 is 0 Å². The van der Waals surface area contributed by atoms with E-state index >= 15 is 0 Å². The molecule has 0 spiro atoms. The maximum atomic E-state index is 12.7. The minimum Gasteiger partial charge on any atom is -0.387 e. The van der Waals surface area contributed by atoms with Gasteiger partial charge in [0, 0.05) is 19.6 Å². The number of hydrogen-bond acceptors (Lipinski definition) is 3. The molecule has 1 saturated carbocycles. The zero-order valence-corrected chi connectivity index (χ0v) is 12.1. The Bertz CT molecular complexity index is 465. The average molecular weight is 273 g/mol. The molecule has 108 valence electrons. The first kappa shape index (κ1) is 13.4. The lowest BCUT2D eigenvalue weighted by atomic mass is 9.96. The average Bonchev–Trinajstić information content (AvgIpc) is 3.16. The van der Waals surface area contributed by atoms with Crippen LogP contribution in [0.25, 0.3) is 0 Å². The molecule has 3 rings (SSSR count). The van der Waals surface area contributed by atoms with Crippen LogP contribution in [0, 0.1) is 5.92 Å². The van der Waals surface area contributed by atoms with Crippen molar-refractivity contribution >= 4 is 11.6 Å². The second kappa shape index (κ2) is 5.81. The molecule has 1 amide bonds. The van der Waals surface area contributed by atoms with Crippen molar-refractivity contribution in [2.45, 2.75) is 44.6 Å². The van der Waals surface area contributed by atoms with Gasteiger partial charge in [0.1, 0.15) is 5.69 Å². The Hall–Kier alpha value is -1.58. The van der Waals surface area contributed by atoms with Crippen LogP contribution in [0.1, 0.15) is 49.0 Å². The number of anilines is 1.